The maximum absolute atomic E-state index is 2.94. The van der Waals surface area contributed by atoms with Crippen LogP contribution in [0, 0.1) is 0 Å². The van der Waals surface area contributed by atoms with E-state index in [1.54, 1.807) is 0 Å². The first-order chi connectivity index (χ1) is 34.2. The summed E-state index contributed by atoms with van der Waals surface area (Å²) in [6, 6.07) is 98.0. The summed E-state index contributed by atoms with van der Waals surface area (Å²) in [6.45, 7) is 0. The molecule has 1 aliphatic heterocycles. The Hall–Kier alpha value is -8.21. The van der Waals surface area contributed by atoms with E-state index in [-0.39, 0.29) is 0 Å². The fourth-order valence-electron chi connectivity index (χ4n) is 11.5. The monoisotopic (exact) mass is 909 g/mol. The zero-order valence-electron chi connectivity index (χ0n) is 37.7. The molecule has 3 heteroatoms. The molecule has 0 saturated heterocycles. The van der Waals surface area contributed by atoms with Crippen molar-refractivity contribution in [1.82, 2.24) is 4.57 Å². The molecular weight excluding hydrogens is 867 g/mol. The van der Waals surface area contributed by atoms with Gasteiger partial charge in [-0.3, -0.25) is 0 Å². The molecule has 1 unspecified atom stereocenters. The molecule has 14 rings (SSSR count). The van der Waals surface area contributed by atoms with Crippen molar-refractivity contribution in [2.24, 2.45) is 0 Å². The summed E-state index contributed by atoms with van der Waals surface area (Å²) in [4.78, 5) is 2.69. The van der Waals surface area contributed by atoms with Crippen molar-refractivity contribution < 1.29 is 0 Å². The van der Waals surface area contributed by atoms with Gasteiger partial charge in [0.15, 0.2) is 8.07 Å². The van der Waals surface area contributed by atoms with E-state index < -0.39 is 8.07 Å². The van der Waals surface area contributed by atoms with Gasteiger partial charge in [-0.2, -0.15) is 0 Å². The Labute approximate surface area is 406 Å². The predicted molar refractivity (Wildman–Crippen MR) is 297 cm³/mol. The highest BCUT2D eigenvalue weighted by Crippen LogP contribution is 2.41. The molecule has 2 heterocycles. The van der Waals surface area contributed by atoms with Gasteiger partial charge < -0.3 is 4.57 Å². The zero-order chi connectivity index (χ0) is 45.5. The normalized spacial score (nSPS) is 14.4. The lowest BCUT2D eigenvalue weighted by Gasteiger charge is -2.40. The summed E-state index contributed by atoms with van der Waals surface area (Å²) in [5.41, 5.74) is 11.0. The van der Waals surface area contributed by atoms with E-state index in [1.807, 2.05) is 11.8 Å². The molecule has 0 spiro atoms. The SMILES string of the molecule is c1ccc2c(c1)Sc1c(-c3ccc4c(ccc5ccccc54)c3)cccc1[Si]2(c1ccc(-c2ccc(-n3c4ccccc4c4ccccc43)cc2)cc1)c1ccc(-c2ccc3ccccc3c2)cc1. The number of benzene rings is 12. The second-order valence-electron chi connectivity index (χ2n) is 18.4. The first-order valence-corrected chi connectivity index (χ1v) is 26.6. The maximum atomic E-state index is 2.45. The Morgan fingerprint density at radius 2 is 0.797 bits per heavy atom. The van der Waals surface area contributed by atoms with Crippen molar-refractivity contribution in [1.29, 1.82) is 0 Å². The first-order valence-electron chi connectivity index (χ1n) is 23.8. The average molecular weight is 910 g/mol. The molecule has 12 aromatic carbocycles. The van der Waals surface area contributed by atoms with Gasteiger partial charge in [0.2, 0.25) is 0 Å². The third-order valence-corrected chi connectivity index (χ3v) is 21.2. The predicted octanol–water partition coefficient (Wildman–Crippen LogP) is 15.1. The molecule has 0 bridgehead atoms. The van der Waals surface area contributed by atoms with E-state index in [1.165, 1.54) is 118 Å². The summed E-state index contributed by atoms with van der Waals surface area (Å²) >= 11 is 1.94. The minimum Gasteiger partial charge on any atom is -0.309 e. The van der Waals surface area contributed by atoms with Gasteiger partial charge in [0, 0.05) is 26.3 Å². The highest BCUT2D eigenvalue weighted by atomic mass is 32.2. The minimum atomic E-state index is -2.94. The van der Waals surface area contributed by atoms with Crippen LogP contribution in [-0.2, 0) is 0 Å². The quantitative estimate of drug-likeness (QED) is 0.119. The van der Waals surface area contributed by atoms with Gasteiger partial charge in [-0.25, -0.2) is 0 Å². The van der Waals surface area contributed by atoms with Crippen molar-refractivity contribution in [2.75, 3.05) is 0 Å². The molecule has 0 saturated carbocycles. The lowest BCUT2D eigenvalue weighted by atomic mass is 9.97. The Bertz CT molecular complexity index is 4100. The minimum absolute atomic E-state index is 1.16. The number of hydrogen-bond donors (Lipinski definition) is 0. The van der Waals surface area contributed by atoms with Crippen molar-refractivity contribution >= 4 is 94.7 Å². The molecule has 322 valence electrons. The van der Waals surface area contributed by atoms with E-state index in [0.717, 1.165) is 5.69 Å². The molecule has 1 aliphatic rings. The highest BCUT2D eigenvalue weighted by molar-refractivity contribution is 8.00. The highest BCUT2D eigenvalue weighted by Gasteiger charge is 2.47. The summed E-state index contributed by atoms with van der Waals surface area (Å²) in [7, 11) is -2.94. The van der Waals surface area contributed by atoms with Crippen LogP contribution in [-0.4, -0.2) is 12.6 Å². The number of aromatic nitrogens is 1. The van der Waals surface area contributed by atoms with Crippen molar-refractivity contribution in [2.45, 2.75) is 9.79 Å². The van der Waals surface area contributed by atoms with Gasteiger partial charge in [0.05, 0.1) is 11.0 Å². The van der Waals surface area contributed by atoms with Crippen LogP contribution in [0.4, 0.5) is 0 Å². The maximum Gasteiger partial charge on any atom is 0.181 e. The van der Waals surface area contributed by atoms with Gasteiger partial charge in [0.1, 0.15) is 0 Å². The lowest BCUT2D eigenvalue weighted by Crippen LogP contribution is -2.76. The van der Waals surface area contributed by atoms with Crippen LogP contribution < -0.4 is 20.7 Å². The summed E-state index contributed by atoms with van der Waals surface area (Å²) in [6.07, 6.45) is 0. The standard InChI is InChI=1S/C66H43NSSi/c1-2-14-49-42-50(26-24-44(49)12-1)47-32-39-55(40-33-47)69(54-37-30-46(31-38-54)45-28-35-53(36-29-45)67-61-19-7-5-16-59(61)60-17-6-8-20-62(60)67)64-22-10-9-21-63(64)68-66-58(18-11-23-65(66)69)52-34-41-57-51(43-52)27-25-48-13-3-4-15-56(48)57/h1-43H. The fourth-order valence-corrected chi connectivity index (χ4v) is 18.5. The van der Waals surface area contributed by atoms with Crippen LogP contribution in [0.5, 0.6) is 0 Å². The number of hydrogen-bond acceptors (Lipinski definition) is 1. The van der Waals surface area contributed by atoms with Crippen LogP contribution in [0.1, 0.15) is 0 Å². The molecule has 1 nitrogen and oxygen atoms in total. The van der Waals surface area contributed by atoms with Crippen LogP contribution in [0.15, 0.2) is 271 Å². The van der Waals surface area contributed by atoms with Crippen LogP contribution >= 0.6 is 11.8 Å². The lowest BCUT2D eigenvalue weighted by molar-refractivity contribution is 1.18. The van der Waals surface area contributed by atoms with Gasteiger partial charge in [0.25, 0.3) is 0 Å². The first kappa shape index (κ1) is 39.9. The number of rotatable bonds is 6. The van der Waals surface area contributed by atoms with E-state index >= 15 is 0 Å². The summed E-state index contributed by atoms with van der Waals surface area (Å²) < 4.78 is 2.39. The fraction of sp³-hybridized carbons (Fsp3) is 0. The van der Waals surface area contributed by atoms with Crippen LogP contribution in [0.2, 0.25) is 0 Å². The Morgan fingerprint density at radius 1 is 0.304 bits per heavy atom. The topological polar surface area (TPSA) is 4.93 Å². The summed E-state index contributed by atoms with van der Waals surface area (Å²) in [5.74, 6) is 0. The smallest absolute Gasteiger partial charge is 0.181 e. The molecule has 0 fully saturated rings. The van der Waals surface area contributed by atoms with Gasteiger partial charge in [-0.1, -0.05) is 230 Å². The molecule has 0 N–H and O–H groups in total. The summed E-state index contributed by atoms with van der Waals surface area (Å²) in [5, 5.41) is 15.8. The third-order valence-electron chi connectivity index (χ3n) is 14.7. The number of fused-ring (bicyclic) bond motifs is 9. The number of para-hydroxylation sites is 2. The molecular formula is C66H43NSSi. The van der Waals surface area contributed by atoms with Crippen LogP contribution in [0.25, 0.3) is 93.2 Å². The third kappa shape index (κ3) is 6.32. The Balaban J connectivity index is 0.930. The van der Waals surface area contributed by atoms with Crippen molar-refractivity contribution in [3.05, 3.63) is 261 Å². The van der Waals surface area contributed by atoms with E-state index in [4.69, 9.17) is 0 Å². The molecule has 13 aromatic rings. The van der Waals surface area contributed by atoms with Crippen molar-refractivity contribution in [3.63, 3.8) is 0 Å². The molecule has 0 aliphatic carbocycles. The van der Waals surface area contributed by atoms with E-state index in [0.29, 0.717) is 0 Å². The molecule has 69 heavy (non-hydrogen) atoms. The average Bonchev–Trinajstić information content (AvgIpc) is 3.76. The van der Waals surface area contributed by atoms with Crippen molar-refractivity contribution in [3.8, 4) is 39.1 Å². The molecule has 1 aromatic heterocycles. The van der Waals surface area contributed by atoms with Crippen LogP contribution in [0.3, 0.4) is 0 Å². The zero-order valence-corrected chi connectivity index (χ0v) is 39.5. The number of nitrogens with zero attached hydrogens (tertiary/aromatic N) is 1. The molecule has 0 radical (unpaired) electrons. The van der Waals surface area contributed by atoms with Gasteiger partial charge >= 0.3 is 0 Å². The largest absolute Gasteiger partial charge is 0.309 e. The van der Waals surface area contributed by atoms with Gasteiger partial charge in [-0.05, 0) is 129 Å². The molecule has 0 amide bonds. The molecule has 1 atom stereocenters. The Kier molecular flexibility index (Phi) is 9.23. The second-order valence-corrected chi connectivity index (χ2v) is 23.2. The second kappa shape index (κ2) is 16.0. The van der Waals surface area contributed by atoms with E-state index in [2.05, 4.69) is 265 Å². The van der Waals surface area contributed by atoms with Gasteiger partial charge in [-0.15, -0.1) is 0 Å². The van der Waals surface area contributed by atoms with E-state index in [9.17, 15) is 0 Å². The Morgan fingerprint density at radius 3 is 1.52 bits per heavy atom.